The van der Waals surface area contributed by atoms with Gasteiger partial charge in [0.05, 0.1) is 23.4 Å². The number of hydrogen-bond donors (Lipinski definition) is 5. The number of aromatic nitrogens is 1. The number of para-hydroxylation sites is 1. The fourth-order valence-electron chi connectivity index (χ4n) is 3.58. The molecule has 6 N–H and O–H groups in total. The summed E-state index contributed by atoms with van der Waals surface area (Å²) in [5.74, 6) is 0.0706. The number of nitrogens with zero attached hydrogens (tertiary/aromatic N) is 2. The van der Waals surface area contributed by atoms with Gasteiger partial charge in [-0.1, -0.05) is 19.1 Å². The highest BCUT2D eigenvalue weighted by atomic mass is 32.1. The van der Waals surface area contributed by atoms with Crippen molar-refractivity contribution in [1.82, 2.24) is 15.6 Å². The van der Waals surface area contributed by atoms with E-state index in [0.717, 1.165) is 20.8 Å². The average Bonchev–Trinajstić information content (AvgIpc) is 3.12. The Kier molecular flexibility index (Phi) is 7.07. The van der Waals surface area contributed by atoms with Gasteiger partial charge in [-0.05, 0) is 31.4 Å². The molecular formula is C20H26F3N5O2S. The summed E-state index contributed by atoms with van der Waals surface area (Å²) < 4.78 is 38.6. The smallest absolute Gasteiger partial charge is 0.396 e. The monoisotopic (exact) mass is 457 g/mol. The maximum atomic E-state index is 12.5. The lowest BCUT2D eigenvalue weighted by molar-refractivity contribution is -0.118. The van der Waals surface area contributed by atoms with Crippen LogP contribution >= 0.6 is 11.3 Å². The third-order valence-electron chi connectivity index (χ3n) is 5.27. The van der Waals surface area contributed by atoms with Crippen LogP contribution in [0.2, 0.25) is 0 Å². The minimum atomic E-state index is -4.46. The molecule has 1 aliphatic carbocycles. The summed E-state index contributed by atoms with van der Waals surface area (Å²) in [5.41, 5.74) is 6.77. The highest BCUT2D eigenvalue weighted by molar-refractivity contribution is 7.19. The van der Waals surface area contributed by atoms with Gasteiger partial charge < -0.3 is 26.6 Å². The second kappa shape index (κ2) is 9.41. The molecule has 1 saturated carbocycles. The Morgan fingerprint density at radius 1 is 1.29 bits per heavy atom. The van der Waals surface area contributed by atoms with Crippen molar-refractivity contribution in [1.29, 1.82) is 0 Å². The number of nitrogens with two attached hydrogens (primary N) is 1. The maximum Gasteiger partial charge on any atom is 0.408 e. The molecule has 0 spiro atoms. The van der Waals surface area contributed by atoms with Gasteiger partial charge in [0.1, 0.15) is 17.4 Å². The van der Waals surface area contributed by atoms with E-state index < -0.39 is 18.1 Å². The van der Waals surface area contributed by atoms with Gasteiger partial charge in [-0.25, -0.2) is 9.98 Å². The zero-order valence-corrected chi connectivity index (χ0v) is 17.9. The van der Waals surface area contributed by atoms with Crippen LogP contribution < -0.4 is 16.4 Å². The van der Waals surface area contributed by atoms with Gasteiger partial charge in [-0.15, -0.1) is 11.3 Å². The molecule has 170 valence electrons. The van der Waals surface area contributed by atoms with Crippen molar-refractivity contribution >= 4 is 33.1 Å². The molecule has 0 atom stereocenters. The van der Waals surface area contributed by atoms with Gasteiger partial charge in [0, 0.05) is 17.0 Å². The van der Waals surface area contributed by atoms with Gasteiger partial charge in [0.2, 0.25) is 0 Å². The van der Waals surface area contributed by atoms with Crippen LogP contribution in [0, 0.1) is 5.41 Å². The second-order valence-electron chi connectivity index (χ2n) is 7.70. The molecule has 1 fully saturated rings. The first-order valence-corrected chi connectivity index (χ1v) is 10.7. The molecular weight excluding hydrogens is 431 g/mol. The Hall–Kier alpha value is -2.37. The van der Waals surface area contributed by atoms with E-state index in [1.54, 1.807) is 0 Å². The summed E-state index contributed by atoms with van der Waals surface area (Å²) >= 11 is 1.47. The number of allylic oxidation sites excluding steroid dienone is 1. The summed E-state index contributed by atoms with van der Waals surface area (Å²) in [4.78, 5) is 8.04. The van der Waals surface area contributed by atoms with Gasteiger partial charge >= 0.3 is 6.18 Å². The first-order valence-electron chi connectivity index (χ1n) is 9.89. The first-order chi connectivity index (χ1) is 14.7. The molecule has 0 amide bonds. The summed E-state index contributed by atoms with van der Waals surface area (Å²) in [6.07, 6.45) is -2.89. The van der Waals surface area contributed by atoms with Crippen LogP contribution in [0.1, 0.15) is 31.2 Å². The molecule has 0 saturated heterocycles. The number of fused-ring (bicyclic) bond motifs is 1. The summed E-state index contributed by atoms with van der Waals surface area (Å²) in [6, 6.07) is 7.56. The summed E-state index contributed by atoms with van der Waals surface area (Å²) in [6.45, 7) is 0.257. The van der Waals surface area contributed by atoms with E-state index in [0.29, 0.717) is 25.1 Å². The fraction of sp³-hybridized carbons (Fsp3) is 0.500. The number of alkyl halides is 3. The number of nitrogens with one attached hydrogen (secondary N) is 2. The molecule has 0 radical (unpaired) electrons. The lowest BCUT2D eigenvalue weighted by Crippen LogP contribution is -2.54. The van der Waals surface area contributed by atoms with Crippen LogP contribution in [0.4, 0.5) is 13.2 Å². The molecule has 1 heterocycles. The molecule has 0 unspecified atom stereocenters. The van der Waals surface area contributed by atoms with Crippen LogP contribution in [0.3, 0.4) is 0 Å². The van der Waals surface area contributed by atoms with E-state index in [-0.39, 0.29) is 25.2 Å². The van der Waals surface area contributed by atoms with Gasteiger partial charge in [0.25, 0.3) is 0 Å². The number of guanidine groups is 1. The first kappa shape index (κ1) is 23.3. The third kappa shape index (κ3) is 5.66. The van der Waals surface area contributed by atoms with E-state index in [2.05, 4.69) is 20.6 Å². The highest BCUT2D eigenvalue weighted by Crippen LogP contribution is 2.41. The van der Waals surface area contributed by atoms with Crippen molar-refractivity contribution in [3.05, 3.63) is 35.1 Å². The van der Waals surface area contributed by atoms with Gasteiger partial charge in [-0.3, -0.25) is 0 Å². The Morgan fingerprint density at radius 3 is 2.55 bits per heavy atom. The Balaban J connectivity index is 1.91. The number of aliphatic hydroxyl groups excluding tert-OH is 2. The Labute approximate surface area is 181 Å². The quantitative estimate of drug-likeness (QED) is 0.307. The predicted molar refractivity (Wildman–Crippen MR) is 115 cm³/mol. The molecule has 1 aromatic carbocycles. The number of halogens is 3. The van der Waals surface area contributed by atoms with Crippen molar-refractivity contribution in [2.24, 2.45) is 16.1 Å². The lowest BCUT2D eigenvalue weighted by Gasteiger charge is -2.46. The number of benzene rings is 1. The SMILES string of the molecule is CC/C(=C(\NC(N)=NCC(F)(F)F)NC1CC(CO)(CO)C1)c1nc2ccccc2s1. The molecule has 7 nitrogen and oxygen atoms in total. The maximum absolute atomic E-state index is 12.5. The summed E-state index contributed by atoms with van der Waals surface area (Å²) in [5, 5.41) is 25.8. The van der Waals surface area contributed by atoms with E-state index in [1.807, 2.05) is 31.2 Å². The number of aliphatic imine (C=N–C) groups is 1. The van der Waals surface area contributed by atoms with E-state index in [9.17, 15) is 23.4 Å². The Morgan fingerprint density at radius 2 is 1.97 bits per heavy atom. The number of thiazole rings is 1. The van der Waals surface area contributed by atoms with Crippen molar-refractivity contribution in [2.45, 2.75) is 38.4 Å². The molecule has 1 aliphatic rings. The van der Waals surface area contributed by atoms with E-state index >= 15 is 0 Å². The molecule has 0 aliphatic heterocycles. The normalized spacial score (nSPS) is 17.9. The van der Waals surface area contributed by atoms with Crippen LogP contribution in [0.25, 0.3) is 15.8 Å². The van der Waals surface area contributed by atoms with Gasteiger partial charge in [-0.2, -0.15) is 13.2 Å². The molecule has 31 heavy (non-hydrogen) atoms. The van der Waals surface area contributed by atoms with Crippen LogP contribution in [0.5, 0.6) is 0 Å². The second-order valence-corrected chi connectivity index (χ2v) is 8.73. The van der Waals surface area contributed by atoms with Crippen LogP contribution in [-0.2, 0) is 0 Å². The van der Waals surface area contributed by atoms with Crippen molar-refractivity contribution in [3.8, 4) is 0 Å². The van der Waals surface area contributed by atoms with Crippen molar-refractivity contribution in [3.63, 3.8) is 0 Å². The molecule has 11 heteroatoms. The zero-order chi connectivity index (χ0) is 22.6. The van der Waals surface area contributed by atoms with Crippen molar-refractivity contribution < 1.29 is 23.4 Å². The number of hydrogen-bond acceptors (Lipinski definition) is 6. The number of aliphatic hydroxyl groups is 2. The predicted octanol–water partition coefficient (Wildman–Crippen LogP) is 2.56. The fourth-order valence-corrected chi connectivity index (χ4v) is 4.66. The molecule has 1 aromatic heterocycles. The molecule has 2 aromatic rings. The largest absolute Gasteiger partial charge is 0.408 e. The lowest BCUT2D eigenvalue weighted by atomic mass is 9.66. The minimum Gasteiger partial charge on any atom is -0.396 e. The summed E-state index contributed by atoms with van der Waals surface area (Å²) in [7, 11) is 0. The topological polar surface area (TPSA) is 116 Å². The standard InChI is InChI=1S/C20H26F3N5O2S/c1-2-13(17-27-14-5-3-4-6-15(14)31-17)16(28-18(24)25-9-20(21,22)23)26-12-7-19(8-12,10-29)11-30/h3-6,12,26,29-30H,2,7-11H2,1H3,(H3,24,25,28)/b16-13+. The van der Waals surface area contributed by atoms with E-state index in [4.69, 9.17) is 5.73 Å². The minimum absolute atomic E-state index is 0.0897. The Bertz CT molecular complexity index is 928. The van der Waals surface area contributed by atoms with E-state index in [1.165, 1.54) is 11.3 Å². The average molecular weight is 458 g/mol. The number of rotatable bonds is 8. The highest BCUT2D eigenvalue weighted by Gasteiger charge is 2.43. The van der Waals surface area contributed by atoms with Crippen LogP contribution in [-0.4, -0.2) is 53.1 Å². The zero-order valence-electron chi connectivity index (χ0n) is 17.0. The van der Waals surface area contributed by atoms with Crippen LogP contribution in [0.15, 0.2) is 35.1 Å². The van der Waals surface area contributed by atoms with Crippen molar-refractivity contribution in [2.75, 3.05) is 19.8 Å². The molecule has 0 bridgehead atoms. The van der Waals surface area contributed by atoms with Gasteiger partial charge in [0.15, 0.2) is 5.96 Å². The molecule has 3 rings (SSSR count). The third-order valence-corrected chi connectivity index (χ3v) is 6.36.